The Hall–Kier alpha value is -2.01. The Morgan fingerprint density at radius 1 is 1.27 bits per heavy atom. The lowest BCUT2D eigenvalue weighted by atomic mass is 10.1. The quantitative estimate of drug-likeness (QED) is 0.684. The molecule has 5 heteroatoms. The van der Waals surface area contributed by atoms with Gasteiger partial charge in [0.1, 0.15) is 5.56 Å². The van der Waals surface area contributed by atoms with Crippen LogP contribution >= 0.6 is 11.8 Å². The van der Waals surface area contributed by atoms with E-state index in [-0.39, 0.29) is 17.0 Å². The molecule has 0 bridgehead atoms. The molecule has 0 aliphatic heterocycles. The molecule has 0 N–H and O–H groups in total. The number of hydrogen-bond acceptors (Lipinski definition) is 3. The van der Waals surface area contributed by atoms with Crippen LogP contribution in [0.5, 0.6) is 0 Å². The highest BCUT2D eigenvalue weighted by Gasteiger charge is 2.20. The summed E-state index contributed by atoms with van der Waals surface area (Å²) >= 11 is 1.67. The van der Waals surface area contributed by atoms with Gasteiger partial charge in [-0.1, -0.05) is 26.0 Å². The number of rotatable bonds is 7. The van der Waals surface area contributed by atoms with Crippen LogP contribution in [0.15, 0.2) is 46.2 Å². The Morgan fingerprint density at radius 3 is 2.65 bits per heavy atom. The maximum absolute atomic E-state index is 12.9. The van der Waals surface area contributed by atoms with Crippen molar-refractivity contribution in [2.75, 3.05) is 13.3 Å². The molecule has 0 unspecified atom stereocenters. The highest BCUT2D eigenvalue weighted by molar-refractivity contribution is 7.98. The number of nitrogens with zero attached hydrogens (tertiary/aromatic N) is 2. The van der Waals surface area contributed by atoms with Crippen molar-refractivity contribution < 1.29 is 4.79 Å². The van der Waals surface area contributed by atoms with Gasteiger partial charge in [-0.05, 0) is 54.8 Å². The monoisotopic (exact) mass is 372 g/mol. The average molecular weight is 373 g/mol. The van der Waals surface area contributed by atoms with Gasteiger partial charge in [-0.3, -0.25) is 9.59 Å². The van der Waals surface area contributed by atoms with Gasteiger partial charge in [0.25, 0.3) is 11.5 Å². The molecule has 4 nitrogen and oxygen atoms in total. The molecular weight excluding hydrogens is 344 g/mol. The van der Waals surface area contributed by atoms with Crippen molar-refractivity contribution in [2.24, 2.45) is 5.92 Å². The van der Waals surface area contributed by atoms with Crippen molar-refractivity contribution in [1.29, 1.82) is 0 Å². The van der Waals surface area contributed by atoms with E-state index in [9.17, 15) is 9.59 Å². The molecule has 26 heavy (non-hydrogen) atoms. The second kappa shape index (κ2) is 9.08. The Morgan fingerprint density at radius 2 is 2.00 bits per heavy atom. The first-order valence-corrected chi connectivity index (χ1v) is 10.1. The molecule has 0 fully saturated rings. The fraction of sp³-hybridized carbons (Fsp3) is 0.429. The minimum Gasteiger partial charge on any atom is -0.337 e. The van der Waals surface area contributed by atoms with E-state index in [1.807, 2.05) is 37.4 Å². The van der Waals surface area contributed by atoms with E-state index in [1.54, 1.807) is 34.5 Å². The number of carbonyl (C=O) groups excluding carboxylic acids is 1. The van der Waals surface area contributed by atoms with E-state index in [0.717, 1.165) is 22.4 Å². The summed E-state index contributed by atoms with van der Waals surface area (Å²) in [7, 11) is 1.75. The van der Waals surface area contributed by atoms with Crippen molar-refractivity contribution >= 4 is 17.7 Å². The van der Waals surface area contributed by atoms with Crippen molar-refractivity contribution in [3.05, 3.63) is 63.6 Å². The summed E-state index contributed by atoms with van der Waals surface area (Å²) in [5, 5.41) is 0. The molecule has 0 saturated carbocycles. The molecular formula is C21H28N2O2S. The standard InChI is InChI=1S/C21H28N2O2S/c1-15(2)9-11-23-12-10-16(3)19(21(23)25)20(24)22(4)14-17-7-6-8-18(13-17)26-5/h6-8,10,12-13,15H,9,11,14H2,1-5H3. The van der Waals surface area contributed by atoms with Crippen LogP contribution in [0.1, 0.15) is 41.8 Å². The third-order valence-electron chi connectivity index (χ3n) is 4.44. The van der Waals surface area contributed by atoms with E-state index < -0.39 is 0 Å². The molecule has 1 amide bonds. The lowest BCUT2D eigenvalue weighted by molar-refractivity contribution is 0.0781. The van der Waals surface area contributed by atoms with Gasteiger partial charge in [-0.15, -0.1) is 11.8 Å². The molecule has 2 rings (SSSR count). The summed E-state index contributed by atoms with van der Waals surface area (Å²) in [5.41, 5.74) is 1.87. The predicted octanol–water partition coefficient (Wildman–Crippen LogP) is 4.20. The topological polar surface area (TPSA) is 42.3 Å². The normalized spacial score (nSPS) is 11.0. The first kappa shape index (κ1) is 20.3. The van der Waals surface area contributed by atoms with Crippen LogP contribution in [-0.4, -0.2) is 28.7 Å². The van der Waals surface area contributed by atoms with Gasteiger partial charge in [-0.25, -0.2) is 0 Å². The first-order chi connectivity index (χ1) is 12.3. The number of pyridine rings is 1. The second-order valence-electron chi connectivity index (χ2n) is 7.07. The average Bonchev–Trinajstić information content (AvgIpc) is 2.61. The Labute approximate surface area is 160 Å². The van der Waals surface area contributed by atoms with Crippen LogP contribution in [0, 0.1) is 12.8 Å². The molecule has 1 aromatic carbocycles. The van der Waals surface area contributed by atoms with Crippen LogP contribution in [-0.2, 0) is 13.1 Å². The van der Waals surface area contributed by atoms with E-state index in [0.29, 0.717) is 19.0 Å². The summed E-state index contributed by atoms with van der Waals surface area (Å²) in [6.07, 6.45) is 4.73. The summed E-state index contributed by atoms with van der Waals surface area (Å²) in [5.74, 6) is 0.287. The molecule has 1 heterocycles. The largest absolute Gasteiger partial charge is 0.337 e. The Bertz CT molecular complexity index is 827. The van der Waals surface area contributed by atoms with Crippen LogP contribution in [0.4, 0.5) is 0 Å². The summed E-state index contributed by atoms with van der Waals surface area (Å²) in [4.78, 5) is 28.5. The summed E-state index contributed by atoms with van der Waals surface area (Å²) < 4.78 is 1.66. The number of aryl methyl sites for hydroxylation is 2. The highest BCUT2D eigenvalue weighted by atomic mass is 32.2. The molecule has 0 saturated heterocycles. The van der Waals surface area contributed by atoms with Gasteiger partial charge in [0.2, 0.25) is 0 Å². The van der Waals surface area contributed by atoms with E-state index in [2.05, 4.69) is 19.9 Å². The number of benzene rings is 1. The first-order valence-electron chi connectivity index (χ1n) is 8.92. The zero-order valence-electron chi connectivity index (χ0n) is 16.3. The van der Waals surface area contributed by atoms with Crippen molar-refractivity contribution in [3.8, 4) is 0 Å². The second-order valence-corrected chi connectivity index (χ2v) is 7.95. The fourth-order valence-corrected chi connectivity index (χ4v) is 3.29. The minimum atomic E-state index is -0.221. The predicted molar refractivity (Wildman–Crippen MR) is 109 cm³/mol. The van der Waals surface area contributed by atoms with Crippen LogP contribution in [0.3, 0.4) is 0 Å². The van der Waals surface area contributed by atoms with E-state index >= 15 is 0 Å². The van der Waals surface area contributed by atoms with Gasteiger partial charge in [0, 0.05) is 31.2 Å². The third kappa shape index (κ3) is 5.01. The smallest absolute Gasteiger partial charge is 0.263 e. The van der Waals surface area contributed by atoms with Crippen LogP contribution < -0.4 is 5.56 Å². The number of amides is 1. The molecule has 0 aliphatic carbocycles. The van der Waals surface area contributed by atoms with Gasteiger partial charge in [0.05, 0.1) is 0 Å². The van der Waals surface area contributed by atoms with Gasteiger partial charge in [-0.2, -0.15) is 0 Å². The lowest BCUT2D eigenvalue weighted by Gasteiger charge is -2.19. The van der Waals surface area contributed by atoms with Gasteiger partial charge < -0.3 is 9.47 Å². The molecule has 0 atom stereocenters. The van der Waals surface area contributed by atoms with Gasteiger partial charge in [0.15, 0.2) is 0 Å². The molecule has 0 radical (unpaired) electrons. The van der Waals surface area contributed by atoms with Crippen LogP contribution in [0.25, 0.3) is 0 Å². The minimum absolute atomic E-state index is 0.194. The maximum atomic E-state index is 12.9. The number of thioether (sulfide) groups is 1. The molecule has 140 valence electrons. The summed E-state index contributed by atoms with van der Waals surface area (Å²) in [6.45, 7) is 7.19. The van der Waals surface area contributed by atoms with Crippen LogP contribution in [0.2, 0.25) is 0 Å². The number of aromatic nitrogens is 1. The Balaban J connectivity index is 2.24. The number of hydrogen-bond donors (Lipinski definition) is 0. The number of carbonyl (C=O) groups is 1. The third-order valence-corrected chi connectivity index (χ3v) is 5.16. The highest BCUT2D eigenvalue weighted by Crippen LogP contribution is 2.17. The van der Waals surface area contributed by atoms with Crippen molar-refractivity contribution in [3.63, 3.8) is 0 Å². The van der Waals surface area contributed by atoms with Crippen molar-refractivity contribution in [1.82, 2.24) is 9.47 Å². The SMILES string of the molecule is CSc1cccc(CN(C)C(=O)c2c(C)ccn(CCC(C)C)c2=O)c1. The Kier molecular flexibility index (Phi) is 7.09. The lowest BCUT2D eigenvalue weighted by Crippen LogP contribution is -2.35. The zero-order chi connectivity index (χ0) is 19.3. The maximum Gasteiger partial charge on any atom is 0.263 e. The molecule has 2 aromatic rings. The van der Waals surface area contributed by atoms with Gasteiger partial charge >= 0.3 is 0 Å². The fourth-order valence-electron chi connectivity index (χ4n) is 2.81. The summed E-state index contributed by atoms with van der Waals surface area (Å²) in [6, 6.07) is 9.98. The molecule has 0 aliphatic rings. The zero-order valence-corrected chi connectivity index (χ0v) is 17.1. The molecule has 0 spiro atoms. The molecule has 1 aromatic heterocycles. The van der Waals surface area contributed by atoms with E-state index in [1.165, 1.54) is 0 Å². The van der Waals surface area contributed by atoms with E-state index in [4.69, 9.17) is 0 Å². The van der Waals surface area contributed by atoms with Crippen molar-refractivity contribution in [2.45, 2.75) is 45.2 Å².